The Bertz CT molecular complexity index is 616. The highest BCUT2D eigenvalue weighted by Crippen LogP contribution is 2.33. The predicted molar refractivity (Wildman–Crippen MR) is 60.7 cm³/mol. The van der Waals surface area contributed by atoms with Crippen molar-refractivity contribution in [1.82, 2.24) is 0 Å². The number of ketones is 1. The van der Waals surface area contributed by atoms with Crippen LogP contribution in [0.1, 0.15) is 25.3 Å². The van der Waals surface area contributed by atoms with Gasteiger partial charge in [-0.05, 0) is 30.5 Å². The van der Waals surface area contributed by atoms with E-state index in [4.69, 9.17) is 24.2 Å². The van der Waals surface area contributed by atoms with Crippen LogP contribution in [-0.4, -0.2) is 5.78 Å². The fraction of sp³-hybridized carbons (Fsp3) is 0.250. The molecule has 2 nitrogen and oxygen atoms in total. The zero-order valence-corrected chi connectivity index (χ0v) is 8.61. The molecule has 3 heteroatoms. The Hall–Kier alpha value is -1.12. The number of hydrogen-bond acceptors (Lipinski definition) is 2. The zero-order valence-electron chi connectivity index (χ0n) is 12.9. The Labute approximate surface area is 101 Å². The summed E-state index contributed by atoms with van der Waals surface area (Å²) in [6.45, 7) is 0. The lowest BCUT2D eigenvalue weighted by atomic mass is 9.79. The van der Waals surface area contributed by atoms with E-state index in [1.165, 1.54) is 6.08 Å². The van der Waals surface area contributed by atoms with E-state index in [0.717, 1.165) is 0 Å². The molecule has 0 amide bonds. The van der Waals surface area contributed by atoms with Crippen molar-refractivity contribution >= 4 is 17.4 Å². The van der Waals surface area contributed by atoms with Crippen LogP contribution in [0.2, 0.25) is 5.02 Å². The van der Waals surface area contributed by atoms with Gasteiger partial charge in [0.05, 0.1) is 6.85 Å². The lowest BCUT2D eigenvalue weighted by molar-refractivity contribution is -0.120. The summed E-state index contributed by atoms with van der Waals surface area (Å²) in [7, 11) is 0. The third-order valence-corrected chi connectivity index (χ3v) is 2.69. The van der Waals surface area contributed by atoms with Gasteiger partial charge in [-0.25, -0.2) is 0 Å². The Balaban J connectivity index is 2.77. The van der Waals surface area contributed by atoms with Gasteiger partial charge in [0.2, 0.25) is 0 Å². The largest absolute Gasteiger partial charge is 0.315 e. The highest BCUT2D eigenvalue weighted by Gasteiger charge is 2.36. The molecule has 0 saturated heterocycles. The molecule has 0 radical (unpaired) electrons. The van der Waals surface area contributed by atoms with Crippen molar-refractivity contribution in [2.24, 2.45) is 5.73 Å². The minimum Gasteiger partial charge on any atom is -0.315 e. The van der Waals surface area contributed by atoms with Gasteiger partial charge in [0.25, 0.3) is 0 Å². The van der Waals surface area contributed by atoms with Crippen molar-refractivity contribution < 1.29 is 11.6 Å². The number of hydrogen-bond donors (Lipinski definition) is 1. The maximum atomic E-state index is 12.2. The highest BCUT2D eigenvalue weighted by atomic mass is 35.5. The second-order valence-corrected chi connectivity index (χ2v) is 3.75. The Morgan fingerprint density at radius 3 is 3.00 bits per heavy atom. The van der Waals surface area contributed by atoms with Crippen LogP contribution >= 0.6 is 11.6 Å². The number of carbonyl (C=O) groups is 1. The van der Waals surface area contributed by atoms with Crippen LogP contribution in [0, 0.1) is 0 Å². The van der Waals surface area contributed by atoms with Crippen LogP contribution in [0.3, 0.4) is 0 Å². The molecule has 2 rings (SSSR count). The average molecular weight is 227 g/mol. The Morgan fingerprint density at radius 1 is 1.47 bits per heavy atom. The molecule has 0 saturated carbocycles. The van der Waals surface area contributed by atoms with E-state index < -0.39 is 35.5 Å². The lowest BCUT2D eigenvalue weighted by Crippen LogP contribution is -2.45. The maximum Gasteiger partial charge on any atom is 0.179 e. The number of halogens is 1. The summed E-state index contributed by atoms with van der Waals surface area (Å²) in [6, 6.07) is -2.09. The van der Waals surface area contributed by atoms with E-state index in [-0.39, 0.29) is 23.1 Å². The molecule has 15 heavy (non-hydrogen) atoms. The molecular weight excluding hydrogens is 210 g/mol. The molecule has 0 spiro atoms. The van der Waals surface area contributed by atoms with Crippen molar-refractivity contribution in [1.29, 1.82) is 0 Å². The van der Waals surface area contributed by atoms with Crippen LogP contribution in [-0.2, 0) is 10.3 Å². The average Bonchev–Trinajstić information content (AvgIpc) is 2.40. The molecule has 0 fully saturated rings. The van der Waals surface area contributed by atoms with E-state index in [0.29, 0.717) is 6.42 Å². The third-order valence-electron chi connectivity index (χ3n) is 2.41. The van der Waals surface area contributed by atoms with Crippen LogP contribution in [0.5, 0.6) is 0 Å². The minimum absolute atomic E-state index is 0.131. The quantitative estimate of drug-likeness (QED) is 0.799. The molecule has 1 unspecified atom stereocenters. The molecule has 0 bridgehead atoms. The molecule has 78 valence electrons. The van der Waals surface area contributed by atoms with Crippen LogP contribution in [0.25, 0.3) is 0 Å². The summed E-state index contributed by atoms with van der Waals surface area (Å²) in [5.41, 5.74) is 4.25. The van der Waals surface area contributed by atoms with Crippen molar-refractivity contribution in [3.8, 4) is 0 Å². The standard InChI is InChI=1S/C12H12ClNO/c13-10-6-2-1-5-9(10)12(14)8-4-3-7-11(12)15/h1-3,5-7H,4,8,14H2/i1D,2D,5D,6D,7D. The topological polar surface area (TPSA) is 43.1 Å². The Kier molecular flexibility index (Phi) is 1.47. The smallest absolute Gasteiger partial charge is 0.179 e. The molecule has 0 aliphatic heterocycles. The minimum atomic E-state index is -1.68. The summed E-state index contributed by atoms with van der Waals surface area (Å²) >= 11 is 5.99. The SMILES string of the molecule is [2H]C1=CCCC(N)(c2c([2H])c([2H])c([2H])c([2H])c2Cl)C1=O. The molecule has 1 aromatic carbocycles. The number of carbonyl (C=O) groups excluding carboxylic acids is 1. The summed E-state index contributed by atoms with van der Waals surface area (Å²) in [5, 5.41) is -0.262. The lowest BCUT2D eigenvalue weighted by Gasteiger charge is -2.30. The molecule has 1 aromatic rings. The number of benzene rings is 1. The first-order valence-electron chi connectivity index (χ1n) is 6.98. The second-order valence-electron chi connectivity index (χ2n) is 3.38. The molecule has 1 aliphatic carbocycles. The third kappa shape index (κ3) is 1.71. The summed E-state index contributed by atoms with van der Waals surface area (Å²) < 4.78 is 38.4. The number of allylic oxidation sites excluding steroid dienone is 1. The first kappa shape index (κ1) is 5.83. The van der Waals surface area contributed by atoms with Crippen LogP contribution in [0.15, 0.2) is 36.3 Å². The normalized spacial score (nSPS) is 30.9. The number of nitrogens with two attached hydrogens (primary N) is 1. The predicted octanol–water partition coefficient (Wildman–Crippen LogP) is 2.41. The van der Waals surface area contributed by atoms with E-state index in [9.17, 15) is 4.79 Å². The maximum absolute atomic E-state index is 12.2. The van der Waals surface area contributed by atoms with E-state index in [2.05, 4.69) is 0 Å². The van der Waals surface area contributed by atoms with Gasteiger partial charge in [0, 0.05) is 5.02 Å². The van der Waals surface area contributed by atoms with Crippen molar-refractivity contribution in [3.05, 3.63) is 46.9 Å². The van der Waals surface area contributed by atoms with E-state index in [1.807, 2.05) is 0 Å². The van der Waals surface area contributed by atoms with Crippen molar-refractivity contribution in [2.45, 2.75) is 18.4 Å². The Morgan fingerprint density at radius 2 is 2.20 bits per heavy atom. The van der Waals surface area contributed by atoms with E-state index >= 15 is 0 Å². The van der Waals surface area contributed by atoms with E-state index in [1.54, 1.807) is 0 Å². The first-order valence-corrected chi connectivity index (χ1v) is 4.86. The summed E-state index contributed by atoms with van der Waals surface area (Å²) in [5.74, 6) is -0.685. The number of rotatable bonds is 1. The van der Waals surface area contributed by atoms with Crippen molar-refractivity contribution in [3.63, 3.8) is 0 Å². The molecule has 1 atom stereocenters. The molecular formula is C12H12ClNO. The zero-order chi connectivity index (χ0) is 15.2. The second kappa shape index (κ2) is 3.80. The first-order chi connectivity index (χ1) is 9.21. The van der Waals surface area contributed by atoms with Gasteiger partial charge in [-0.15, -0.1) is 0 Å². The molecule has 0 aromatic heterocycles. The van der Waals surface area contributed by atoms with Crippen molar-refractivity contribution in [2.75, 3.05) is 0 Å². The molecule has 1 aliphatic rings. The highest BCUT2D eigenvalue weighted by molar-refractivity contribution is 6.31. The van der Waals surface area contributed by atoms with Gasteiger partial charge in [-0.2, -0.15) is 0 Å². The van der Waals surface area contributed by atoms with Gasteiger partial charge in [-0.1, -0.05) is 35.8 Å². The summed E-state index contributed by atoms with van der Waals surface area (Å²) in [4.78, 5) is 12.2. The van der Waals surface area contributed by atoms with Gasteiger partial charge in [-0.3, -0.25) is 4.79 Å². The fourth-order valence-corrected chi connectivity index (χ4v) is 1.81. The molecule has 0 heterocycles. The van der Waals surface area contributed by atoms with Gasteiger partial charge >= 0.3 is 0 Å². The van der Waals surface area contributed by atoms with Gasteiger partial charge < -0.3 is 5.73 Å². The summed E-state index contributed by atoms with van der Waals surface area (Å²) in [6.07, 6.45) is 1.96. The monoisotopic (exact) mass is 226 g/mol. The van der Waals surface area contributed by atoms with Gasteiger partial charge in [0.15, 0.2) is 5.78 Å². The van der Waals surface area contributed by atoms with Gasteiger partial charge in [0.1, 0.15) is 5.54 Å². The molecule has 2 N–H and O–H groups in total. The fourth-order valence-electron chi connectivity index (χ4n) is 1.55. The van der Waals surface area contributed by atoms with Crippen LogP contribution < -0.4 is 5.73 Å². The van der Waals surface area contributed by atoms with Crippen LogP contribution in [0.4, 0.5) is 0 Å².